The third kappa shape index (κ3) is 2.42. The van der Waals surface area contributed by atoms with Gasteiger partial charge in [0.05, 0.1) is 11.8 Å². The Kier molecular flexibility index (Phi) is 3.14. The van der Waals surface area contributed by atoms with Crippen LogP contribution in [0.15, 0.2) is 31.0 Å². The summed E-state index contributed by atoms with van der Waals surface area (Å²) in [5.74, 6) is 1.86. The molecule has 6 heteroatoms. The molecule has 0 radical (unpaired) electrons. The van der Waals surface area contributed by atoms with Crippen LogP contribution < -0.4 is 5.32 Å². The van der Waals surface area contributed by atoms with Crippen LogP contribution in [0.25, 0.3) is 11.0 Å². The second-order valence-corrected chi connectivity index (χ2v) is 4.45. The lowest BCUT2D eigenvalue weighted by atomic mass is 10.3. The number of aryl methyl sites for hydroxylation is 2. The van der Waals surface area contributed by atoms with Crippen molar-refractivity contribution in [2.75, 3.05) is 11.9 Å². The Bertz CT molecular complexity index is 655. The Morgan fingerprint density at radius 3 is 3.05 bits per heavy atom. The quantitative estimate of drug-likeness (QED) is 0.682. The van der Waals surface area contributed by atoms with Gasteiger partial charge in [0.2, 0.25) is 0 Å². The molecule has 0 fully saturated rings. The Morgan fingerprint density at radius 1 is 1.26 bits per heavy atom. The van der Waals surface area contributed by atoms with Gasteiger partial charge in [-0.1, -0.05) is 0 Å². The Labute approximate surface area is 110 Å². The Hall–Kier alpha value is -2.37. The molecule has 0 saturated carbocycles. The second-order valence-electron chi connectivity index (χ2n) is 4.45. The molecule has 0 aliphatic rings. The molecule has 19 heavy (non-hydrogen) atoms. The summed E-state index contributed by atoms with van der Waals surface area (Å²) < 4.78 is 1.99. The van der Waals surface area contributed by atoms with Crippen LogP contribution in [0, 0.1) is 0 Å². The van der Waals surface area contributed by atoms with E-state index in [0.717, 1.165) is 42.1 Å². The standard InChI is InChI=1S/C13H16N6/c1-19-9-18-12-10(19)4-6-17-13(12)16-5-2-3-11-14-7-8-15-11/h4,6-9H,2-3,5H2,1H3,(H,14,15)(H,16,17). The van der Waals surface area contributed by atoms with E-state index in [0.29, 0.717) is 0 Å². The fourth-order valence-corrected chi connectivity index (χ4v) is 2.09. The third-order valence-corrected chi connectivity index (χ3v) is 3.08. The number of H-pyrrole nitrogens is 1. The molecule has 0 atom stereocenters. The van der Waals surface area contributed by atoms with Crippen LogP contribution in [0.5, 0.6) is 0 Å². The van der Waals surface area contributed by atoms with Crippen molar-refractivity contribution in [3.8, 4) is 0 Å². The molecule has 3 heterocycles. The van der Waals surface area contributed by atoms with Crippen molar-refractivity contribution < 1.29 is 0 Å². The van der Waals surface area contributed by atoms with Gasteiger partial charge < -0.3 is 14.9 Å². The van der Waals surface area contributed by atoms with Gasteiger partial charge in [0, 0.05) is 38.6 Å². The van der Waals surface area contributed by atoms with Crippen LogP contribution in [0.1, 0.15) is 12.2 Å². The zero-order valence-corrected chi connectivity index (χ0v) is 10.8. The van der Waals surface area contributed by atoms with Crippen molar-refractivity contribution in [2.45, 2.75) is 12.8 Å². The van der Waals surface area contributed by atoms with Gasteiger partial charge in [-0.05, 0) is 12.5 Å². The van der Waals surface area contributed by atoms with E-state index in [9.17, 15) is 0 Å². The van der Waals surface area contributed by atoms with Crippen LogP contribution in [0.3, 0.4) is 0 Å². The fourth-order valence-electron chi connectivity index (χ4n) is 2.09. The predicted molar refractivity (Wildman–Crippen MR) is 73.9 cm³/mol. The van der Waals surface area contributed by atoms with E-state index in [1.807, 2.05) is 23.9 Å². The number of nitrogens with one attached hydrogen (secondary N) is 2. The van der Waals surface area contributed by atoms with Gasteiger partial charge in [0.15, 0.2) is 5.82 Å². The number of hydrogen-bond acceptors (Lipinski definition) is 4. The van der Waals surface area contributed by atoms with Gasteiger partial charge in [0.25, 0.3) is 0 Å². The van der Waals surface area contributed by atoms with Gasteiger partial charge in [-0.15, -0.1) is 0 Å². The molecule has 98 valence electrons. The number of fused-ring (bicyclic) bond motifs is 1. The molecule has 3 aromatic rings. The van der Waals surface area contributed by atoms with Crippen LogP contribution in [-0.2, 0) is 13.5 Å². The molecular weight excluding hydrogens is 240 g/mol. The lowest BCUT2D eigenvalue weighted by Gasteiger charge is -2.05. The molecule has 3 rings (SSSR count). The molecule has 0 bridgehead atoms. The number of imidazole rings is 2. The number of pyridine rings is 1. The SMILES string of the molecule is Cn1cnc2c(NCCCc3ncc[nH]3)nccc21. The van der Waals surface area contributed by atoms with Gasteiger partial charge >= 0.3 is 0 Å². The molecule has 3 aromatic heterocycles. The zero-order valence-electron chi connectivity index (χ0n) is 10.8. The van der Waals surface area contributed by atoms with Crippen LogP contribution >= 0.6 is 0 Å². The lowest BCUT2D eigenvalue weighted by Crippen LogP contribution is -2.05. The van der Waals surface area contributed by atoms with E-state index in [1.54, 1.807) is 18.7 Å². The minimum absolute atomic E-state index is 0.845. The summed E-state index contributed by atoms with van der Waals surface area (Å²) >= 11 is 0. The first-order valence-corrected chi connectivity index (χ1v) is 6.33. The molecule has 2 N–H and O–H groups in total. The minimum Gasteiger partial charge on any atom is -0.368 e. The normalized spacial score (nSPS) is 11.0. The number of rotatable bonds is 5. The second kappa shape index (κ2) is 5.09. The summed E-state index contributed by atoms with van der Waals surface area (Å²) in [6.07, 6.45) is 9.16. The topological polar surface area (TPSA) is 71.4 Å². The number of aromatic amines is 1. The zero-order chi connectivity index (χ0) is 13.1. The highest BCUT2D eigenvalue weighted by Crippen LogP contribution is 2.18. The molecule has 0 amide bonds. The van der Waals surface area contributed by atoms with Crippen LogP contribution in [-0.4, -0.2) is 31.0 Å². The molecule has 0 aliphatic heterocycles. The molecule has 0 aliphatic carbocycles. The van der Waals surface area contributed by atoms with E-state index in [1.165, 1.54) is 0 Å². The summed E-state index contributed by atoms with van der Waals surface area (Å²) in [7, 11) is 1.98. The molecular formula is C13H16N6. The van der Waals surface area contributed by atoms with Gasteiger partial charge in [-0.2, -0.15) is 0 Å². The first-order chi connectivity index (χ1) is 9.34. The smallest absolute Gasteiger partial charge is 0.154 e. The summed E-state index contributed by atoms with van der Waals surface area (Å²) in [5, 5.41) is 3.33. The molecule has 0 spiro atoms. The molecule has 6 nitrogen and oxygen atoms in total. The van der Waals surface area contributed by atoms with Crippen molar-refractivity contribution in [3.63, 3.8) is 0 Å². The van der Waals surface area contributed by atoms with Crippen molar-refractivity contribution in [2.24, 2.45) is 7.05 Å². The highest BCUT2D eigenvalue weighted by molar-refractivity contribution is 5.85. The van der Waals surface area contributed by atoms with Crippen molar-refractivity contribution >= 4 is 16.9 Å². The van der Waals surface area contributed by atoms with Gasteiger partial charge in [-0.3, -0.25) is 0 Å². The summed E-state index contributed by atoms with van der Waals surface area (Å²) in [6, 6.07) is 1.97. The van der Waals surface area contributed by atoms with Gasteiger partial charge in [-0.25, -0.2) is 15.0 Å². The van der Waals surface area contributed by atoms with Crippen LogP contribution in [0.2, 0.25) is 0 Å². The Balaban J connectivity index is 1.62. The highest BCUT2D eigenvalue weighted by atomic mass is 15.1. The number of nitrogens with zero attached hydrogens (tertiary/aromatic N) is 4. The van der Waals surface area contributed by atoms with E-state index >= 15 is 0 Å². The third-order valence-electron chi connectivity index (χ3n) is 3.08. The van der Waals surface area contributed by atoms with Crippen molar-refractivity contribution in [1.82, 2.24) is 24.5 Å². The van der Waals surface area contributed by atoms with Crippen molar-refractivity contribution in [1.29, 1.82) is 0 Å². The van der Waals surface area contributed by atoms with Crippen LogP contribution in [0.4, 0.5) is 5.82 Å². The van der Waals surface area contributed by atoms with E-state index in [2.05, 4.69) is 25.3 Å². The fraction of sp³-hybridized carbons (Fsp3) is 0.308. The summed E-state index contributed by atoms with van der Waals surface area (Å²) in [6.45, 7) is 0.851. The van der Waals surface area contributed by atoms with Gasteiger partial charge in [0.1, 0.15) is 11.3 Å². The maximum absolute atomic E-state index is 4.37. The van der Waals surface area contributed by atoms with E-state index < -0.39 is 0 Å². The van der Waals surface area contributed by atoms with Crippen molar-refractivity contribution in [3.05, 3.63) is 36.8 Å². The largest absolute Gasteiger partial charge is 0.368 e. The van der Waals surface area contributed by atoms with E-state index in [-0.39, 0.29) is 0 Å². The number of anilines is 1. The first kappa shape index (κ1) is 11.7. The first-order valence-electron chi connectivity index (χ1n) is 6.33. The monoisotopic (exact) mass is 256 g/mol. The molecule has 0 unspecified atom stereocenters. The Morgan fingerprint density at radius 2 is 2.21 bits per heavy atom. The van der Waals surface area contributed by atoms with E-state index in [4.69, 9.17) is 0 Å². The average Bonchev–Trinajstić information content (AvgIpc) is 3.06. The molecule has 0 aromatic carbocycles. The summed E-state index contributed by atoms with van der Waals surface area (Å²) in [5.41, 5.74) is 2.01. The minimum atomic E-state index is 0.845. The maximum atomic E-state index is 4.37. The molecule has 0 saturated heterocycles. The number of aromatic nitrogens is 5. The highest BCUT2D eigenvalue weighted by Gasteiger charge is 2.05. The maximum Gasteiger partial charge on any atom is 0.154 e. The number of hydrogen-bond donors (Lipinski definition) is 2. The predicted octanol–water partition coefficient (Wildman–Crippen LogP) is 1.74. The summed E-state index contributed by atoms with van der Waals surface area (Å²) in [4.78, 5) is 16.0. The lowest BCUT2D eigenvalue weighted by molar-refractivity contribution is 0.814. The average molecular weight is 256 g/mol.